The lowest BCUT2D eigenvalue weighted by atomic mass is 9.91. The number of rotatable bonds is 6. The van der Waals surface area contributed by atoms with Crippen molar-refractivity contribution in [3.63, 3.8) is 0 Å². The lowest BCUT2D eigenvalue weighted by Crippen LogP contribution is -2.49. The van der Waals surface area contributed by atoms with Crippen molar-refractivity contribution in [2.24, 2.45) is 5.92 Å². The molecule has 1 amide bonds. The van der Waals surface area contributed by atoms with Crippen LogP contribution in [0.3, 0.4) is 0 Å². The first-order chi connectivity index (χ1) is 9.24. The predicted octanol–water partition coefficient (Wildman–Crippen LogP) is 0.770. The molecule has 0 spiro atoms. The van der Waals surface area contributed by atoms with E-state index < -0.39 is 6.09 Å². The number of likely N-dealkylation sites (tertiary alicyclic amines) is 1. The molecule has 6 nitrogen and oxygen atoms in total. The van der Waals surface area contributed by atoms with Gasteiger partial charge in [0.25, 0.3) is 0 Å². The van der Waals surface area contributed by atoms with E-state index in [9.17, 15) is 9.90 Å². The molecule has 3 unspecified atom stereocenters. The van der Waals surface area contributed by atoms with Crippen LogP contribution in [-0.2, 0) is 9.47 Å². The van der Waals surface area contributed by atoms with E-state index in [2.05, 4.69) is 5.32 Å². The van der Waals surface area contributed by atoms with Crippen molar-refractivity contribution in [1.82, 2.24) is 10.2 Å². The van der Waals surface area contributed by atoms with Gasteiger partial charge in [-0.3, -0.25) is 0 Å². The first-order valence-corrected chi connectivity index (χ1v) is 7.03. The van der Waals surface area contributed by atoms with Crippen molar-refractivity contribution in [3.05, 3.63) is 0 Å². The summed E-state index contributed by atoms with van der Waals surface area (Å²) in [7, 11) is 1.65. The van der Waals surface area contributed by atoms with Crippen LogP contribution < -0.4 is 5.32 Å². The molecular weight excluding hydrogens is 248 g/mol. The number of methoxy groups -OCH3 is 1. The van der Waals surface area contributed by atoms with E-state index >= 15 is 0 Å². The summed E-state index contributed by atoms with van der Waals surface area (Å²) in [6, 6.07) is 0.450. The molecule has 0 aromatic heterocycles. The minimum absolute atomic E-state index is 0.148. The predicted molar refractivity (Wildman–Crippen MR) is 70.3 cm³/mol. The average molecular weight is 272 g/mol. The summed E-state index contributed by atoms with van der Waals surface area (Å²) in [5, 5.41) is 12.7. The van der Waals surface area contributed by atoms with Crippen LogP contribution >= 0.6 is 0 Å². The molecule has 0 aromatic rings. The van der Waals surface area contributed by atoms with Gasteiger partial charge < -0.3 is 24.8 Å². The van der Waals surface area contributed by atoms with Gasteiger partial charge in [0.2, 0.25) is 0 Å². The molecule has 19 heavy (non-hydrogen) atoms. The lowest BCUT2D eigenvalue weighted by Gasteiger charge is -2.32. The fraction of sp³-hybridized carbons (Fsp3) is 0.923. The maximum absolute atomic E-state index is 11.3. The minimum atomic E-state index is -0.790. The first kappa shape index (κ1) is 14.6. The van der Waals surface area contributed by atoms with Crippen molar-refractivity contribution < 1.29 is 19.4 Å². The van der Waals surface area contributed by atoms with Gasteiger partial charge in [-0.15, -0.1) is 0 Å². The molecule has 2 heterocycles. The highest BCUT2D eigenvalue weighted by Gasteiger charge is 2.44. The molecule has 2 fully saturated rings. The molecule has 2 aliphatic rings. The molecule has 0 radical (unpaired) electrons. The summed E-state index contributed by atoms with van der Waals surface area (Å²) in [5.74, 6) is 0.365. The van der Waals surface area contributed by atoms with Crippen LogP contribution in [0.5, 0.6) is 0 Å². The molecule has 2 saturated heterocycles. The third-order valence-corrected chi connectivity index (χ3v) is 4.12. The van der Waals surface area contributed by atoms with Crippen LogP contribution in [0.2, 0.25) is 0 Å². The summed E-state index contributed by atoms with van der Waals surface area (Å²) >= 11 is 0. The van der Waals surface area contributed by atoms with Crippen molar-refractivity contribution >= 4 is 6.09 Å². The normalized spacial score (nSPS) is 30.4. The Balaban J connectivity index is 1.81. The molecule has 2 aliphatic heterocycles. The molecule has 3 atom stereocenters. The van der Waals surface area contributed by atoms with Crippen molar-refractivity contribution in [1.29, 1.82) is 0 Å². The van der Waals surface area contributed by atoms with E-state index in [-0.39, 0.29) is 6.04 Å². The second-order valence-corrected chi connectivity index (χ2v) is 5.28. The quantitative estimate of drug-likeness (QED) is 0.699. The van der Waals surface area contributed by atoms with E-state index in [1.54, 1.807) is 12.0 Å². The summed E-state index contributed by atoms with van der Waals surface area (Å²) in [6.45, 7) is 3.51. The zero-order valence-electron chi connectivity index (χ0n) is 11.5. The number of carbonyl (C=O) groups is 1. The maximum Gasteiger partial charge on any atom is 0.407 e. The number of carboxylic acid groups (broad SMARTS) is 1. The van der Waals surface area contributed by atoms with Gasteiger partial charge in [-0.2, -0.15) is 0 Å². The molecule has 0 aliphatic carbocycles. The largest absolute Gasteiger partial charge is 0.465 e. The Kier molecular flexibility index (Phi) is 5.42. The van der Waals surface area contributed by atoms with Gasteiger partial charge in [-0.05, 0) is 31.7 Å². The van der Waals surface area contributed by atoms with Crippen LogP contribution in [-0.4, -0.2) is 68.2 Å². The fourth-order valence-electron chi connectivity index (χ4n) is 3.20. The van der Waals surface area contributed by atoms with Gasteiger partial charge in [0, 0.05) is 26.3 Å². The van der Waals surface area contributed by atoms with Crippen molar-refractivity contribution in [3.8, 4) is 0 Å². The number of amides is 1. The van der Waals surface area contributed by atoms with Gasteiger partial charge in [0.1, 0.15) is 0 Å². The topological polar surface area (TPSA) is 71.0 Å². The van der Waals surface area contributed by atoms with Gasteiger partial charge in [0.15, 0.2) is 0 Å². The Hall–Kier alpha value is -0.850. The van der Waals surface area contributed by atoms with Crippen molar-refractivity contribution in [2.75, 3.05) is 40.0 Å². The molecular formula is C13H24N2O4. The first-order valence-electron chi connectivity index (χ1n) is 7.03. The van der Waals surface area contributed by atoms with Crippen molar-refractivity contribution in [2.45, 2.75) is 31.3 Å². The Bertz CT molecular complexity index is 300. The minimum Gasteiger partial charge on any atom is -0.465 e. The second-order valence-electron chi connectivity index (χ2n) is 5.28. The molecule has 0 bridgehead atoms. The van der Waals surface area contributed by atoms with Crippen LogP contribution in [0.1, 0.15) is 19.3 Å². The number of fused-ring (bicyclic) bond motifs is 1. The zero-order chi connectivity index (χ0) is 13.7. The van der Waals surface area contributed by atoms with Gasteiger partial charge >= 0.3 is 6.09 Å². The van der Waals surface area contributed by atoms with Crippen LogP contribution in [0, 0.1) is 5.92 Å². The number of hydrogen-bond donors (Lipinski definition) is 2. The number of nitrogens with one attached hydrogen (secondary N) is 1. The van der Waals surface area contributed by atoms with E-state index in [1.807, 2.05) is 0 Å². The average Bonchev–Trinajstić information content (AvgIpc) is 2.78. The fourth-order valence-corrected chi connectivity index (χ4v) is 3.20. The van der Waals surface area contributed by atoms with Crippen LogP contribution in [0.25, 0.3) is 0 Å². The number of hydrogen-bond acceptors (Lipinski definition) is 4. The highest BCUT2D eigenvalue weighted by molar-refractivity contribution is 5.66. The van der Waals surface area contributed by atoms with Gasteiger partial charge in [0.05, 0.1) is 19.3 Å². The van der Waals surface area contributed by atoms with Crippen LogP contribution in [0.4, 0.5) is 4.79 Å². The second kappa shape index (κ2) is 7.07. The third kappa shape index (κ3) is 3.58. The molecule has 2 rings (SSSR count). The summed E-state index contributed by atoms with van der Waals surface area (Å²) in [6.07, 6.45) is 2.15. The molecule has 0 aromatic carbocycles. The maximum atomic E-state index is 11.3. The molecule has 110 valence electrons. The Morgan fingerprint density at radius 2 is 2.26 bits per heavy atom. The summed E-state index contributed by atoms with van der Waals surface area (Å²) < 4.78 is 10.4. The highest BCUT2D eigenvalue weighted by Crippen LogP contribution is 2.31. The number of nitrogens with zero attached hydrogens (tertiary/aromatic N) is 1. The smallest absolute Gasteiger partial charge is 0.407 e. The third-order valence-electron chi connectivity index (χ3n) is 4.12. The van der Waals surface area contributed by atoms with E-state index in [0.29, 0.717) is 38.3 Å². The number of ether oxygens (including phenoxy) is 2. The van der Waals surface area contributed by atoms with Gasteiger partial charge in [-0.25, -0.2) is 4.79 Å². The molecule has 0 saturated carbocycles. The van der Waals surface area contributed by atoms with E-state index in [1.165, 1.54) is 0 Å². The standard InChI is InChI=1S/C13H24N2O4/c1-18-7-8-19-6-4-10-9-15(13(16)17)11-3-2-5-14-12(10)11/h10-12,14H,2-9H2,1H3,(H,16,17). The number of piperidine rings is 1. The Labute approximate surface area is 114 Å². The lowest BCUT2D eigenvalue weighted by molar-refractivity contribution is 0.0625. The van der Waals surface area contributed by atoms with Gasteiger partial charge in [-0.1, -0.05) is 0 Å². The molecule has 6 heteroatoms. The highest BCUT2D eigenvalue weighted by atomic mass is 16.5. The SMILES string of the molecule is COCCOCCC1CN(C(=O)O)C2CCCNC12. The Morgan fingerprint density at radius 3 is 3.00 bits per heavy atom. The summed E-state index contributed by atoms with van der Waals surface area (Å²) in [4.78, 5) is 12.9. The Morgan fingerprint density at radius 1 is 1.42 bits per heavy atom. The monoisotopic (exact) mass is 272 g/mol. The summed E-state index contributed by atoms with van der Waals surface area (Å²) in [5.41, 5.74) is 0. The zero-order valence-corrected chi connectivity index (χ0v) is 11.5. The van der Waals surface area contributed by atoms with E-state index in [4.69, 9.17) is 9.47 Å². The molecule has 2 N–H and O–H groups in total. The van der Waals surface area contributed by atoms with E-state index in [0.717, 1.165) is 25.8 Å². The van der Waals surface area contributed by atoms with Crippen LogP contribution in [0.15, 0.2) is 0 Å².